The van der Waals surface area contributed by atoms with Crippen molar-refractivity contribution in [1.82, 2.24) is 10.1 Å². The zero-order valence-corrected chi connectivity index (χ0v) is 12.2. The minimum absolute atomic E-state index is 0.117. The average molecular weight is 289 g/mol. The first kappa shape index (κ1) is 14.2. The van der Waals surface area contributed by atoms with E-state index in [0.29, 0.717) is 18.1 Å². The lowest BCUT2D eigenvalue weighted by molar-refractivity contribution is 0.345. The van der Waals surface area contributed by atoms with Crippen molar-refractivity contribution < 1.29 is 8.91 Å². The molecule has 2 N–H and O–H groups in total. The van der Waals surface area contributed by atoms with Gasteiger partial charge in [-0.25, -0.2) is 4.39 Å². The third-order valence-electron chi connectivity index (χ3n) is 4.31. The molecule has 1 atom stereocenters. The summed E-state index contributed by atoms with van der Waals surface area (Å²) in [6.07, 6.45) is 4.63. The number of aromatic nitrogens is 2. The molecule has 1 aromatic heterocycles. The van der Waals surface area contributed by atoms with Gasteiger partial charge >= 0.3 is 0 Å². The normalized spacial score (nSPS) is 18.8. The van der Waals surface area contributed by atoms with Crippen molar-refractivity contribution in [2.24, 2.45) is 5.73 Å². The Morgan fingerprint density at radius 3 is 2.86 bits per heavy atom. The lowest BCUT2D eigenvalue weighted by Crippen LogP contribution is -2.34. The number of nitrogens with two attached hydrogens (primary N) is 1. The third kappa shape index (κ3) is 2.97. The van der Waals surface area contributed by atoms with Crippen LogP contribution in [0.5, 0.6) is 0 Å². The molecule has 3 rings (SSSR count). The average Bonchev–Trinajstić information content (AvgIpc) is 3.09. The van der Waals surface area contributed by atoms with Crippen LogP contribution in [0.3, 0.4) is 0 Å². The smallest absolute Gasteiger partial charge is 0.227 e. The predicted octanol–water partition coefficient (Wildman–Crippen LogP) is 3.28. The van der Waals surface area contributed by atoms with Crippen molar-refractivity contribution in [1.29, 1.82) is 0 Å². The molecule has 0 saturated heterocycles. The lowest BCUT2D eigenvalue weighted by Gasteiger charge is -2.17. The van der Waals surface area contributed by atoms with Gasteiger partial charge in [0.1, 0.15) is 5.82 Å². The molecule has 1 heterocycles. The van der Waals surface area contributed by atoms with Crippen molar-refractivity contribution in [3.8, 4) is 0 Å². The zero-order chi connectivity index (χ0) is 14.9. The Bertz CT molecular complexity index is 619. The van der Waals surface area contributed by atoms with Gasteiger partial charge in [-0.15, -0.1) is 0 Å². The molecule has 1 aliphatic carbocycles. The van der Waals surface area contributed by atoms with Crippen LogP contribution in [-0.4, -0.2) is 10.1 Å². The summed E-state index contributed by atoms with van der Waals surface area (Å²) in [7, 11) is 0. The molecule has 4 nitrogen and oxygen atoms in total. The van der Waals surface area contributed by atoms with Crippen LogP contribution in [0.4, 0.5) is 4.39 Å². The van der Waals surface area contributed by atoms with E-state index in [0.717, 1.165) is 31.2 Å². The summed E-state index contributed by atoms with van der Waals surface area (Å²) >= 11 is 0. The molecule has 0 radical (unpaired) electrons. The molecule has 5 heteroatoms. The molecule has 1 unspecified atom stereocenters. The molecule has 21 heavy (non-hydrogen) atoms. The van der Waals surface area contributed by atoms with Gasteiger partial charge in [0.15, 0.2) is 5.82 Å². The number of nitrogens with zero attached hydrogens (tertiary/aromatic N) is 2. The second-order valence-corrected chi connectivity index (χ2v) is 6.04. The van der Waals surface area contributed by atoms with Crippen molar-refractivity contribution >= 4 is 0 Å². The molecule has 2 aromatic rings. The second-order valence-electron chi connectivity index (χ2n) is 6.04. The Labute approximate surface area is 123 Å². The van der Waals surface area contributed by atoms with Crippen LogP contribution in [0.15, 0.2) is 28.8 Å². The van der Waals surface area contributed by atoms with Crippen molar-refractivity contribution in [2.45, 2.75) is 50.5 Å². The highest BCUT2D eigenvalue weighted by molar-refractivity contribution is 5.21. The van der Waals surface area contributed by atoms with Crippen LogP contribution < -0.4 is 5.73 Å². The molecule has 112 valence electrons. The van der Waals surface area contributed by atoms with Crippen molar-refractivity contribution in [3.05, 3.63) is 47.4 Å². The topological polar surface area (TPSA) is 64.9 Å². The van der Waals surface area contributed by atoms with Gasteiger partial charge < -0.3 is 10.3 Å². The van der Waals surface area contributed by atoms with E-state index >= 15 is 0 Å². The van der Waals surface area contributed by atoms with E-state index < -0.39 is 5.54 Å². The van der Waals surface area contributed by atoms with Crippen LogP contribution in [0.2, 0.25) is 0 Å². The van der Waals surface area contributed by atoms with Crippen molar-refractivity contribution in [2.75, 3.05) is 0 Å². The fraction of sp³-hybridized carbons (Fsp3) is 0.500. The summed E-state index contributed by atoms with van der Waals surface area (Å²) in [5.41, 5.74) is 6.82. The molecule has 0 spiro atoms. The summed E-state index contributed by atoms with van der Waals surface area (Å²) in [6.45, 7) is 2.02. The lowest BCUT2D eigenvalue weighted by atomic mass is 9.97. The first-order valence-electron chi connectivity index (χ1n) is 7.44. The van der Waals surface area contributed by atoms with Gasteiger partial charge in [-0.05, 0) is 36.5 Å². The van der Waals surface area contributed by atoms with Crippen molar-refractivity contribution in [3.63, 3.8) is 0 Å². The fourth-order valence-electron chi connectivity index (χ4n) is 2.96. The maximum atomic E-state index is 13.3. The van der Waals surface area contributed by atoms with Crippen LogP contribution in [-0.2, 0) is 12.0 Å². The molecule has 1 aliphatic rings. The molecular formula is C16H20FN3O. The van der Waals surface area contributed by atoms with E-state index in [1.54, 1.807) is 12.1 Å². The van der Waals surface area contributed by atoms with Gasteiger partial charge in [0.25, 0.3) is 0 Å². The Hall–Kier alpha value is -1.75. The van der Waals surface area contributed by atoms with E-state index in [1.807, 2.05) is 13.0 Å². The first-order valence-corrected chi connectivity index (χ1v) is 7.44. The maximum Gasteiger partial charge on any atom is 0.227 e. The number of hydrogen-bond donors (Lipinski definition) is 1. The molecular weight excluding hydrogens is 269 g/mol. The summed E-state index contributed by atoms with van der Waals surface area (Å²) in [6, 6.07) is 6.61. The van der Waals surface area contributed by atoms with Gasteiger partial charge in [-0.2, -0.15) is 4.98 Å². The second kappa shape index (κ2) is 5.56. The van der Waals surface area contributed by atoms with E-state index in [-0.39, 0.29) is 11.7 Å². The van der Waals surface area contributed by atoms with Gasteiger partial charge in [0.2, 0.25) is 5.89 Å². The molecule has 1 fully saturated rings. The summed E-state index contributed by atoms with van der Waals surface area (Å²) in [4.78, 5) is 4.46. The minimum atomic E-state index is -0.427. The van der Waals surface area contributed by atoms with Gasteiger partial charge in [-0.1, -0.05) is 37.1 Å². The third-order valence-corrected chi connectivity index (χ3v) is 4.31. The van der Waals surface area contributed by atoms with E-state index in [2.05, 4.69) is 10.1 Å². The molecule has 0 amide bonds. The van der Waals surface area contributed by atoms with Crippen LogP contribution in [0.1, 0.15) is 55.8 Å². The number of halogens is 1. The number of benzene rings is 1. The van der Waals surface area contributed by atoms with E-state index in [1.165, 1.54) is 6.07 Å². The number of hydrogen-bond acceptors (Lipinski definition) is 4. The summed E-state index contributed by atoms with van der Waals surface area (Å²) in [5.74, 6) is 1.07. The highest BCUT2D eigenvalue weighted by Gasteiger charge is 2.36. The number of rotatable bonds is 4. The quantitative estimate of drug-likeness (QED) is 0.938. The standard InChI is InChI=1S/C16H20FN3O/c1-11(12-5-4-6-13(17)10-12)9-14-19-15(20-21-14)16(18)7-2-3-8-16/h4-6,10-11H,2-3,7-9,18H2,1H3. The predicted molar refractivity (Wildman–Crippen MR) is 77.2 cm³/mol. The first-order chi connectivity index (χ1) is 10.1. The molecule has 1 aromatic carbocycles. The Kier molecular flexibility index (Phi) is 3.76. The summed E-state index contributed by atoms with van der Waals surface area (Å²) < 4.78 is 18.6. The van der Waals surface area contributed by atoms with Gasteiger partial charge in [0, 0.05) is 6.42 Å². The SMILES string of the molecule is CC(Cc1nc(C2(N)CCCC2)no1)c1cccc(F)c1. The van der Waals surface area contributed by atoms with Crippen LogP contribution >= 0.6 is 0 Å². The van der Waals surface area contributed by atoms with Crippen LogP contribution in [0.25, 0.3) is 0 Å². The fourth-order valence-corrected chi connectivity index (χ4v) is 2.96. The van der Waals surface area contributed by atoms with E-state index in [4.69, 9.17) is 10.3 Å². The zero-order valence-electron chi connectivity index (χ0n) is 12.2. The van der Waals surface area contributed by atoms with Gasteiger partial charge in [0.05, 0.1) is 5.54 Å². The Morgan fingerprint density at radius 2 is 2.14 bits per heavy atom. The molecule has 0 bridgehead atoms. The Morgan fingerprint density at radius 1 is 1.38 bits per heavy atom. The highest BCUT2D eigenvalue weighted by atomic mass is 19.1. The molecule has 1 saturated carbocycles. The molecule has 0 aliphatic heterocycles. The Balaban J connectivity index is 1.72. The highest BCUT2D eigenvalue weighted by Crippen LogP contribution is 2.34. The van der Waals surface area contributed by atoms with Crippen LogP contribution in [0, 0.1) is 5.82 Å². The maximum absolute atomic E-state index is 13.3. The van der Waals surface area contributed by atoms with Gasteiger partial charge in [-0.3, -0.25) is 0 Å². The summed E-state index contributed by atoms with van der Waals surface area (Å²) in [5, 5.41) is 4.05. The minimum Gasteiger partial charge on any atom is -0.339 e. The van der Waals surface area contributed by atoms with E-state index in [9.17, 15) is 4.39 Å². The monoisotopic (exact) mass is 289 g/mol. The largest absolute Gasteiger partial charge is 0.339 e.